The number of carbonyl (C=O) groups excluding carboxylic acids is 1. The van der Waals surface area contributed by atoms with E-state index in [-0.39, 0.29) is 5.91 Å². The smallest absolute Gasteiger partial charge is 0.227 e. The molecule has 1 heterocycles. The molecule has 106 valence electrons. The third-order valence-corrected chi connectivity index (χ3v) is 4.65. The minimum absolute atomic E-state index is 0.141. The Bertz CT molecular complexity index is 580. The second kappa shape index (κ2) is 6.90. The van der Waals surface area contributed by atoms with Gasteiger partial charge in [0.2, 0.25) is 5.91 Å². The third-order valence-electron chi connectivity index (χ3n) is 3.05. The predicted octanol–water partition coefficient (Wildman–Crippen LogP) is 3.68. The summed E-state index contributed by atoms with van der Waals surface area (Å²) >= 11 is 5.11. The topological polar surface area (TPSA) is 46.3 Å². The third kappa shape index (κ3) is 4.08. The fourth-order valence-corrected chi connectivity index (χ4v) is 3.42. The van der Waals surface area contributed by atoms with Crippen LogP contribution in [0.4, 0.5) is 5.69 Å². The normalized spacial score (nSPS) is 10.5. The van der Waals surface area contributed by atoms with Crippen LogP contribution < -0.4 is 5.73 Å². The van der Waals surface area contributed by atoms with E-state index in [4.69, 9.17) is 5.73 Å². The number of nitrogen functional groups attached to an aromatic ring is 1. The van der Waals surface area contributed by atoms with Gasteiger partial charge in [0.1, 0.15) is 0 Å². The monoisotopic (exact) mass is 352 g/mol. The number of benzene rings is 1. The van der Waals surface area contributed by atoms with Crippen molar-refractivity contribution in [3.05, 3.63) is 50.6 Å². The number of likely N-dealkylation sites (N-methyl/N-ethyl adjacent to an activating group) is 1. The lowest BCUT2D eigenvalue weighted by Gasteiger charge is -2.20. The van der Waals surface area contributed by atoms with Gasteiger partial charge in [0.25, 0.3) is 0 Å². The Morgan fingerprint density at radius 3 is 2.50 bits per heavy atom. The number of nitrogens with two attached hydrogens (primary N) is 1. The zero-order valence-electron chi connectivity index (χ0n) is 11.3. The van der Waals surface area contributed by atoms with Crippen molar-refractivity contribution in [2.24, 2.45) is 0 Å². The van der Waals surface area contributed by atoms with Gasteiger partial charge in [0, 0.05) is 17.1 Å². The van der Waals surface area contributed by atoms with Crippen LogP contribution >= 0.6 is 27.3 Å². The number of anilines is 1. The van der Waals surface area contributed by atoms with E-state index in [1.165, 1.54) is 4.88 Å². The Morgan fingerprint density at radius 2 is 1.95 bits per heavy atom. The van der Waals surface area contributed by atoms with E-state index in [1.54, 1.807) is 11.3 Å². The number of carbonyl (C=O) groups is 1. The van der Waals surface area contributed by atoms with Crippen LogP contribution in [0, 0.1) is 0 Å². The Hall–Kier alpha value is -1.33. The van der Waals surface area contributed by atoms with Gasteiger partial charge in [0.05, 0.1) is 16.8 Å². The van der Waals surface area contributed by atoms with Crippen LogP contribution in [-0.4, -0.2) is 17.4 Å². The van der Waals surface area contributed by atoms with Crippen LogP contribution in [0.25, 0.3) is 0 Å². The Morgan fingerprint density at radius 1 is 1.25 bits per heavy atom. The molecule has 0 aliphatic rings. The molecule has 0 saturated carbocycles. The number of rotatable bonds is 5. The summed E-state index contributed by atoms with van der Waals surface area (Å²) in [6, 6.07) is 11.5. The summed E-state index contributed by atoms with van der Waals surface area (Å²) in [7, 11) is 0. The first kappa shape index (κ1) is 15.1. The number of hydrogen-bond acceptors (Lipinski definition) is 3. The van der Waals surface area contributed by atoms with Crippen molar-refractivity contribution in [2.45, 2.75) is 19.9 Å². The van der Waals surface area contributed by atoms with Gasteiger partial charge >= 0.3 is 0 Å². The van der Waals surface area contributed by atoms with Gasteiger partial charge in [-0.05, 0) is 52.7 Å². The van der Waals surface area contributed by atoms with Gasteiger partial charge in [-0.1, -0.05) is 12.1 Å². The predicted molar refractivity (Wildman–Crippen MR) is 87.7 cm³/mol. The molecule has 0 fully saturated rings. The molecule has 5 heteroatoms. The minimum Gasteiger partial charge on any atom is -0.399 e. The van der Waals surface area contributed by atoms with Crippen LogP contribution in [0.3, 0.4) is 0 Å². The van der Waals surface area contributed by atoms with Gasteiger partial charge in [0.15, 0.2) is 0 Å². The van der Waals surface area contributed by atoms with E-state index in [1.807, 2.05) is 48.2 Å². The van der Waals surface area contributed by atoms with Crippen molar-refractivity contribution in [1.82, 2.24) is 4.90 Å². The molecule has 1 aromatic heterocycles. The first-order valence-corrected chi connectivity index (χ1v) is 8.06. The molecule has 0 unspecified atom stereocenters. The summed E-state index contributed by atoms with van der Waals surface area (Å²) in [6.07, 6.45) is 0.417. The molecule has 1 amide bonds. The van der Waals surface area contributed by atoms with Gasteiger partial charge in [-0.3, -0.25) is 4.79 Å². The highest BCUT2D eigenvalue weighted by Crippen LogP contribution is 2.23. The van der Waals surface area contributed by atoms with Crippen LogP contribution in [0.5, 0.6) is 0 Å². The molecule has 2 rings (SSSR count). The summed E-state index contributed by atoms with van der Waals surface area (Å²) in [6.45, 7) is 3.38. The fraction of sp³-hybridized carbons (Fsp3) is 0.267. The molecule has 0 saturated heterocycles. The molecule has 0 radical (unpaired) electrons. The lowest BCUT2D eigenvalue weighted by Crippen LogP contribution is -2.31. The van der Waals surface area contributed by atoms with E-state index < -0.39 is 0 Å². The molecule has 0 aliphatic carbocycles. The molecule has 2 aromatic rings. The lowest BCUT2D eigenvalue weighted by molar-refractivity contribution is -0.130. The molecule has 0 spiro atoms. The first-order chi connectivity index (χ1) is 9.58. The summed E-state index contributed by atoms with van der Waals surface area (Å²) in [5.41, 5.74) is 7.36. The molecule has 1 aromatic carbocycles. The van der Waals surface area contributed by atoms with Gasteiger partial charge < -0.3 is 10.6 Å². The van der Waals surface area contributed by atoms with E-state index in [2.05, 4.69) is 15.9 Å². The molecular weight excluding hydrogens is 336 g/mol. The van der Waals surface area contributed by atoms with Crippen molar-refractivity contribution < 1.29 is 4.79 Å². The molecule has 20 heavy (non-hydrogen) atoms. The quantitative estimate of drug-likeness (QED) is 0.834. The van der Waals surface area contributed by atoms with Crippen LogP contribution in [0.2, 0.25) is 0 Å². The first-order valence-electron chi connectivity index (χ1n) is 6.45. The second-order valence-electron chi connectivity index (χ2n) is 4.53. The SMILES string of the molecule is CCN(Cc1ccc(Br)s1)C(=O)Cc1ccc(N)cc1. The van der Waals surface area contributed by atoms with E-state index in [9.17, 15) is 4.79 Å². The maximum atomic E-state index is 12.3. The summed E-state index contributed by atoms with van der Waals surface area (Å²) < 4.78 is 1.09. The van der Waals surface area contributed by atoms with Gasteiger partial charge in [-0.25, -0.2) is 0 Å². The molecule has 0 atom stereocenters. The fourth-order valence-electron chi connectivity index (χ4n) is 1.92. The highest BCUT2D eigenvalue weighted by molar-refractivity contribution is 9.11. The van der Waals surface area contributed by atoms with Crippen LogP contribution in [0.15, 0.2) is 40.2 Å². The highest BCUT2D eigenvalue weighted by atomic mass is 79.9. The van der Waals surface area contributed by atoms with Crippen molar-refractivity contribution in [2.75, 3.05) is 12.3 Å². The zero-order valence-corrected chi connectivity index (χ0v) is 13.7. The minimum atomic E-state index is 0.141. The number of thiophene rings is 1. The summed E-state index contributed by atoms with van der Waals surface area (Å²) in [5.74, 6) is 0.141. The number of hydrogen-bond donors (Lipinski definition) is 1. The number of nitrogens with zero attached hydrogens (tertiary/aromatic N) is 1. The van der Waals surface area contributed by atoms with Gasteiger partial charge in [-0.2, -0.15) is 0 Å². The van der Waals surface area contributed by atoms with Crippen LogP contribution in [0.1, 0.15) is 17.4 Å². The number of halogens is 1. The lowest BCUT2D eigenvalue weighted by atomic mass is 10.1. The van der Waals surface area contributed by atoms with E-state index >= 15 is 0 Å². The number of amides is 1. The molecular formula is C15H17BrN2OS. The molecule has 3 nitrogen and oxygen atoms in total. The standard InChI is InChI=1S/C15H17BrN2OS/c1-2-18(10-13-7-8-14(16)20-13)15(19)9-11-3-5-12(17)6-4-11/h3-8H,2,9-10,17H2,1H3. The maximum absolute atomic E-state index is 12.3. The van der Waals surface area contributed by atoms with Crippen molar-refractivity contribution >= 4 is 38.9 Å². The van der Waals surface area contributed by atoms with E-state index in [0.29, 0.717) is 19.5 Å². The highest BCUT2D eigenvalue weighted by Gasteiger charge is 2.13. The van der Waals surface area contributed by atoms with Crippen molar-refractivity contribution in [1.29, 1.82) is 0 Å². The Labute approximate surface area is 131 Å². The summed E-state index contributed by atoms with van der Waals surface area (Å²) in [5, 5.41) is 0. The average Bonchev–Trinajstić information content (AvgIpc) is 2.84. The second-order valence-corrected chi connectivity index (χ2v) is 7.08. The van der Waals surface area contributed by atoms with Gasteiger partial charge in [-0.15, -0.1) is 11.3 Å². The summed E-state index contributed by atoms with van der Waals surface area (Å²) in [4.78, 5) is 15.4. The maximum Gasteiger partial charge on any atom is 0.227 e. The Kier molecular flexibility index (Phi) is 5.20. The average molecular weight is 353 g/mol. The molecule has 0 bridgehead atoms. The van der Waals surface area contributed by atoms with Crippen molar-refractivity contribution in [3.63, 3.8) is 0 Å². The van der Waals surface area contributed by atoms with Crippen molar-refractivity contribution in [3.8, 4) is 0 Å². The Balaban J connectivity index is 2.00. The molecule has 0 aliphatic heterocycles. The van der Waals surface area contributed by atoms with E-state index in [0.717, 1.165) is 15.0 Å². The largest absolute Gasteiger partial charge is 0.399 e. The molecule has 2 N–H and O–H groups in total. The zero-order chi connectivity index (χ0) is 14.5. The van der Waals surface area contributed by atoms with Crippen LogP contribution in [-0.2, 0) is 17.8 Å².